The van der Waals surface area contributed by atoms with Crippen LogP contribution in [0.5, 0.6) is 0 Å². The van der Waals surface area contributed by atoms with Crippen molar-refractivity contribution in [1.82, 2.24) is 5.32 Å². The molecule has 0 radical (unpaired) electrons. The smallest absolute Gasteiger partial charge is 0.325 e. The number of hydrogen-bond acceptors (Lipinski definition) is 4. The Morgan fingerprint density at radius 2 is 1.69 bits per heavy atom. The molecule has 0 atom stereocenters. The largest absolute Gasteiger partial charge is 0.461 e. The third-order valence-corrected chi connectivity index (χ3v) is 5.67. The highest BCUT2D eigenvalue weighted by Gasteiger charge is 2.20. The van der Waals surface area contributed by atoms with Gasteiger partial charge in [-0.2, -0.15) is 0 Å². The minimum Gasteiger partial charge on any atom is -0.461 e. The second-order valence-electron chi connectivity index (χ2n) is 7.97. The molecule has 1 aliphatic rings. The van der Waals surface area contributed by atoms with Crippen LogP contribution in [0.3, 0.4) is 0 Å². The van der Waals surface area contributed by atoms with Gasteiger partial charge < -0.3 is 20.7 Å². The fraction of sp³-hybridized carbons (Fsp3) is 0.375. The summed E-state index contributed by atoms with van der Waals surface area (Å²) in [5.74, 6) is -0.980. The Labute approximate surface area is 192 Å². The highest BCUT2D eigenvalue weighted by Crippen LogP contribution is 2.24. The predicted molar refractivity (Wildman–Crippen MR) is 125 cm³/mol. The molecule has 1 fully saturated rings. The maximum Gasteiger partial charge on any atom is 0.325 e. The number of aryl methyl sites for hydroxylation is 2. The van der Waals surface area contributed by atoms with E-state index in [0.717, 1.165) is 43.2 Å². The average Bonchev–Trinajstić information content (AvgIpc) is 2.75. The molecule has 170 valence electrons. The number of ether oxygens (including phenoxy) is 1. The highest BCUT2D eigenvalue weighted by molar-refractivity contribution is 6.31. The van der Waals surface area contributed by atoms with Crippen LogP contribution in [0, 0.1) is 13.8 Å². The number of hydrogen-bond donors (Lipinski definition) is 3. The molecule has 32 heavy (non-hydrogen) atoms. The Hall–Kier alpha value is -3.06. The first-order chi connectivity index (χ1) is 15.3. The molecule has 0 aromatic heterocycles. The quantitative estimate of drug-likeness (QED) is 0.519. The third kappa shape index (κ3) is 6.47. The first-order valence-electron chi connectivity index (χ1n) is 10.7. The number of carbonyl (C=O) groups excluding carboxylic acids is 3. The number of carbonyl (C=O) groups is 3. The normalized spacial score (nSPS) is 13.8. The van der Waals surface area contributed by atoms with Crippen molar-refractivity contribution in [2.24, 2.45) is 0 Å². The lowest BCUT2D eigenvalue weighted by atomic mass is 9.98. The van der Waals surface area contributed by atoms with Gasteiger partial charge in [-0.05, 0) is 68.9 Å². The van der Waals surface area contributed by atoms with Gasteiger partial charge in [0.05, 0.1) is 11.3 Å². The van der Waals surface area contributed by atoms with E-state index in [1.807, 2.05) is 32.0 Å². The van der Waals surface area contributed by atoms with E-state index in [1.54, 1.807) is 6.07 Å². The summed E-state index contributed by atoms with van der Waals surface area (Å²) >= 11 is 6.07. The minimum atomic E-state index is -0.510. The van der Waals surface area contributed by atoms with E-state index in [-0.39, 0.29) is 23.9 Å². The van der Waals surface area contributed by atoms with Gasteiger partial charge in [-0.1, -0.05) is 36.2 Å². The molecule has 1 aliphatic carbocycles. The number of halogens is 1. The van der Waals surface area contributed by atoms with Gasteiger partial charge in [0, 0.05) is 10.7 Å². The molecule has 3 rings (SSSR count). The van der Waals surface area contributed by atoms with Crippen LogP contribution in [0.25, 0.3) is 0 Å². The van der Waals surface area contributed by atoms with E-state index < -0.39 is 17.9 Å². The Morgan fingerprint density at radius 1 is 1.00 bits per heavy atom. The number of nitrogens with one attached hydrogen (secondary N) is 3. The first kappa shape index (κ1) is 23.6. The van der Waals surface area contributed by atoms with Crippen LogP contribution < -0.4 is 16.0 Å². The van der Waals surface area contributed by atoms with Crippen molar-refractivity contribution in [3.05, 3.63) is 58.1 Å². The van der Waals surface area contributed by atoms with Crippen molar-refractivity contribution in [1.29, 1.82) is 0 Å². The number of rotatable bonds is 6. The van der Waals surface area contributed by atoms with Crippen LogP contribution in [-0.4, -0.2) is 30.6 Å². The van der Waals surface area contributed by atoms with Gasteiger partial charge in [0.1, 0.15) is 12.6 Å². The summed E-state index contributed by atoms with van der Waals surface area (Å²) < 4.78 is 5.43. The zero-order valence-electron chi connectivity index (χ0n) is 18.3. The van der Waals surface area contributed by atoms with Crippen molar-refractivity contribution in [3.8, 4) is 0 Å². The molecule has 0 aliphatic heterocycles. The van der Waals surface area contributed by atoms with Gasteiger partial charge in [-0.15, -0.1) is 0 Å². The molecule has 0 unspecified atom stereocenters. The Balaban J connectivity index is 1.62. The minimum absolute atomic E-state index is 0.0745. The van der Waals surface area contributed by atoms with Gasteiger partial charge in [0.2, 0.25) is 0 Å². The summed E-state index contributed by atoms with van der Waals surface area (Å²) in [4.78, 5) is 37.4. The van der Waals surface area contributed by atoms with E-state index in [1.165, 1.54) is 12.1 Å². The van der Waals surface area contributed by atoms with Gasteiger partial charge in [-0.25, -0.2) is 4.79 Å². The molecule has 7 nitrogen and oxygen atoms in total. The molecule has 0 saturated heterocycles. The van der Waals surface area contributed by atoms with E-state index in [2.05, 4.69) is 16.0 Å². The summed E-state index contributed by atoms with van der Waals surface area (Å²) in [6.07, 6.45) is 4.91. The third-order valence-electron chi connectivity index (χ3n) is 5.44. The van der Waals surface area contributed by atoms with Gasteiger partial charge in [-0.3, -0.25) is 9.59 Å². The molecule has 2 aromatic carbocycles. The summed E-state index contributed by atoms with van der Waals surface area (Å²) in [7, 11) is 0. The first-order valence-corrected chi connectivity index (χ1v) is 11.1. The SMILES string of the molecule is Cc1cccc(C)c1NC(=O)Nc1cc(Cl)ccc1C(=O)NCC(=O)OC1CCCCC1. The van der Waals surface area contributed by atoms with Crippen molar-refractivity contribution in [2.75, 3.05) is 17.2 Å². The molecule has 1 saturated carbocycles. The van der Waals surface area contributed by atoms with Gasteiger partial charge >= 0.3 is 12.0 Å². The van der Waals surface area contributed by atoms with Crippen LogP contribution in [0.4, 0.5) is 16.2 Å². The molecule has 3 N–H and O–H groups in total. The molecule has 3 amide bonds. The molecular weight excluding hydrogens is 430 g/mol. The summed E-state index contributed by atoms with van der Waals surface area (Å²) in [5, 5.41) is 8.41. The van der Waals surface area contributed by atoms with Crippen molar-refractivity contribution < 1.29 is 19.1 Å². The van der Waals surface area contributed by atoms with E-state index in [4.69, 9.17) is 16.3 Å². The highest BCUT2D eigenvalue weighted by atomic mass is 35.5. The monoisotopic (exact) mass is 457 g/mol. The maximum atomic E-state index is 12.7. The molecule has 0 bridgehead atoms. The van der Waals surface area contributed by atoms with Gasteiger partial charge in [0.25, 0.3) is 5.91 Å². The Bertz CT molecular complexity index is 982. The average molecular weight is 458 g/mol. The Kier molecular flexibility index (Phi) is 8.11. The number of amides is 3. The molecule has 8 heteroatoms. The summed E-state index contributed by atoms with van der Waals surface area (Å²) in [5.41, 5.74) is 2.96. The number of urea groups is 1. The summed E-state index contributed by atoms with van der Waals surface area (Å²) in [6, 6.07) is 9.73. The fourth-order valence-corrected chi connectivity index (χ4v) is 3.93. The number of benzene rings is 2. The van der Waals surface area contributed by atoms with Crippen LogP contribution in [0.2, 0.25) is 5.02 Å². The van der Waals surface area contributed by atoms with Crippen LogP contribution in [0.15, 0.2) is 36.4 Å². The summed E-state index contributed by atoms with van der Waals surface area (Å²) in [6.45, 7) is 3.55. The fourth-order valence-electron chi connectivity index (χ4n) is 3.75. The van der Waals surface area contributed by atoms with Crippen molar-refractivity contribution in [2.45, 2.75) is 52.1 Å². The molecular formula is C24H28ClN3O4. The number of para-hydroxylation sites is 1. The van der Waals surface area contributed by atoms with E-state index >= 15 is 0 Å². The second kappa shape index (κ2) is 11.0. The van der Waals surface area contributed by atoms with Crippen LogP contribution in [-0.2, 0) is 9.53 Å². The lowest BCUT2D eigenvalue weighted by molar-refractivity contribution is -0.149. The van der Waals surface area contributed by atoms with E-state index in [9.17, 15) is 14.4 Å². The van der Waals surface area contributed by atoms with Crippen molar-refractivity contribution in [3.63, 3.8) is 0 Å². The zero-order chi connectivity index (χ0) is 23.1. The van der Waals surface area contributed by atoms with Crippen molar-refractivity contribution >= 4 is 40.9 Å². The maximum absolute atomic E-state index is 12.7. The lowest BCUT2D eigenvalue weighted by Crippen LogP contribution is -2.33. The number of anilines is 2. The van der Waals surface area contributed by atoms with E-state index in [0.29, 0.717) is 10.7 Å². The van der Waals surface area contributed by atoms with Crippen LogP contribution >= 0.6 is 11.6 Å². The van der Waals surface area contributed by atoms with Gasteiger partial charge in [0.15, 0.2) is 0 Å². The zero-order valence-corrected chi connectivity index (χ0v) is 19.1. The standard InChI is InChI=1S/C24H28ClN3O4/c1-15-7-6-8-16(2)22(15)28-24(31)27-20-13-17(25)11-12-19(20)23(30)26-14-21(29)32-18-9-4-3-5-10-18/h6-8,11-13,18H,3-5,9-10,14H2,1-2H3,(H,26,30)(H2,27,28,31). The molecule has 2 aromatic rings. The second-order valence-corrected chi connectivity index (χ2v) is 8.40. The molecule has 0 heterocycles. The predicted octanol–water partition coefficient (Wildman–Crippen LogP) is 5.21. The molecule has 0 spiro atoms. The topological polar surface area (TPSA) is 96.5 Å². The van der Waals surface area contributed by atoms with Crippen LogP contribution in [0.1, 0.15) is 53.6 Å². The lowest BCUT2D eigenvalue weighted by Gasteiger charge is -2.21. The number of esters is 1. The Morgan fingerprint density at radius 3 is 2.38 bits per heavy atom.